The van der Waals surface area contributed by atoms with Crippen LogP contribution in [-0.2, 0) is 15.0 Å². The molecular weight excluding hydrogens is 339 g/mol. The van der Waals surface area contributed by atoms with Crippen LogP contribution in [0.4, 0.5) is 0 Å². The maximum absolute atomic E-state index is 12.4. The zero-order valence-corrected chi connectivity index (χ0v) is 14.7. The van der Waals surface area contributed by atoms with Crippen LogP contribution in [0.5, 0.6) is 0 Å². The Balaban J connectivity index is 2.87. The second kappa shape index (κ2) is 8.08. The molecule has 0 aliphatic carbocycles. The minimum atomic E-state index is -3.92. The molecule has 8 N–H and O–H groups in total. The second-order valence-electron chi connectivity index (χ2n) is 6.52. The lowest BCUT2D eigenvalue weighted by atomic mass is 9.78. The van der Waals surface area contributed by atoms with Gasteiger partial charge in [-0.25, -0.2) is 0 Å². The fourth-order valence-electron chi connectivity index (χ4n) is 2.63. The number of nitrogens with zero attached hydrogens (tertiary/aromatic N) is 1. The van der Waals surface area contributed by atoms with E-state index in [-0.39, 0.29) is 25.8 Å². The quantitative estimate of drug-likeness (QED) is 0.243. The largest absolute Gasteiger partial charge is 0.480 e. The molecule has 0 saturated carbocycles. The topological polar surface area (TPSA) is 179 Å². The van der Waals surface area contributed by atoms with E-state index in [0.29, 0.717) is 6.42 Å². The number of nitrogens with two attached hydrogens (primary N) is 2. The normalized spacial score (nSPS) is 27.8. The van der Waals surface area contributed by atoms with Gasteiger partial charge >= 0.3 is 13.1 Å². The van der Waals surface area contributed by atoms with Crippen LogP contribution in [0.3, 0.4) is 0 Å². The molecule has 0 aromatic carbocycles. The lowest BCUT2D eigenvalue weighted by Gasteiger charge is -2.25. The van der Waals surface area contributed by atoms with Crippen LogP contribution in [0, 0.1) is 5.92 Å². The van der Waals surface area contributed by atoms with E-state index in [9.17, 15) is 18.3 Å². The molecule has 0 bridgehead atoms. The van der Waals surface area contributed by atoms with Crippen molar-refractivity contribution in [2.45, 2.75) is 50.6 Å². The predicted molar refractivity (Wildman–Crippen MR) is 89.0 cm³/mol. The lowest BCUT2D eigenvalue weighted by molar-refractivity contribution is -0.144. The van der Waals surface area contributed by atoms with E-state index < -0.39 is 46.8 Å². The summed E-state index contributed by atoms with van der Waals surface area (Å²) in [6.45, 7) is 2.87. The second-order valence-corrected chi connectivity index (χ2v) is 8.22. The van der Waals surface area contributed by atoms with Crippen LogP contribution >= 0.6 is 0 Å². The van der Waals surface area contributed by atoms with Crippen molar-refractivity contribution in [3.63, 3.8) is 0 Å². The van der Waals surface area contributed by atoms with E-state index in [0.717, 1.165) is 4.31 Å². The molecule has 0 radical (unpaired) electrons. The molecule has 0 aromatic rings. The van der Waals surface area contributed by atoms with Crippen molar-refractivity contribution in [3.05, 3.63) is 0 Å². The Bertz CT molecular complexity index is 546. The van der Waals surface area contributed by atoms with Crippen molar-refractivity contribution in [2.75, 3.05) is 13.1 Å². The molecule has 1 saturated heterocycles. The van der Waals surface area contributed by atoms with E-state index in [2.05, 4.69) is 4.72 Å². The van der Waals surface area contributed by atoms with Gasteiger partial charge in [-0.05, 0) is 26.6 Å². The van der Waals surface area contributed by atoms with Crippen molar-refractivity contribution in [2.24, 2.45) is 17.4 Å². The fourth-order valence-corrected chi connectivity index (χ4v) is 4.23. The number of rotatable bonds is 9. The van der Waals surface area contributed by atoms with Crippen LogP contribution in [0.1, 0.15) is 26.7 Å². The summed E-state index contributed by atoms with van der Waals surface area (Å²) in [6, 6.07) is -0.929. The van der Waals surface area contributed by atoms with Gasteiger partial charge in [-0.15, -0.1) is 0 Å². The SMILES string of the molecule is C[C@H](N)[C@@H](C)NS(=O)(=O)N1C[C@H](CCCB(O)O)[C@](N)(C(=O)O)C1. The minimum Gasteiger partial charge on any atom is -0.480 e. The molecule has 0 spiro atoms. The van der Waals surface area contributed by atoms with Gasteiger partial charge in [0.1, 0.15) is 5.54 Å². The first-order valence-corrected chi connectivity index (χ1v) is 9.25. The molecule has 10 nitrogen and oxygen atoms in total. The first-order chi connectivity index (χ1) is 10.9. The Morgan fingerprint density at radius 2 is 2.04 bits per heavy atom. The maximum atomic E-state index is 12.4. The number of nitrogens with one attached hydrogen (secondary N) is 1. The molecule has 0 amide bonds. The molecule has 12 heteroatoms. The predicted octanol–water partition coefficient (Wildman–Crippen LogP) is -2.48. The van der Waals surface area contributed by atoms with E-state index in [1.54, 1.807) is 13.8 Å². The average molecular weight is 366 g/mol. The van der Waals surface area contributed by atoms with Crippen LogP contribution < -0.4 is 16.2 Å². The van der Waals surface area contributed by atoms with Crippen LogP contribution in [0.15, 0.2) is 0 Å². The summed E-state index contributed by atoms with van der Waals surface area (Å²) in [5.41, 5.74) is 9.90. The third-order valence-corrected chi connectivity index (χ3v) is 6.09. The van der Waals surface area contributed by atoms with E-state index in [4.69, 9.17) is 21.5 Å². The van der Waals surface area contributed by atoms with Crippen molar-refractivity contribution in [1.82, 2.24) is 9.03 Å². The summed E-state index contributed by atoms with van der Waals surface area (Å²) in [4.78, 5) is 11.5. The third-order valence-electron chi connectivity index (χ3n) is 4.47. The molecule has 1 rings (SSSR count). The van der Waals surface area contributed by atoms with Gasteiger partial charge in [0.2, 0.25) is 0 Å². The number of hydrogen-bond donors (Lipinski definition) is 6. The Morgan fingerprint density at radius 1 is 1.46 bits per heavy atom. The number of carboxylic acids is 1. The number of aliphatic carboxylic acids is 1. The average Bonchev–Trinajstić information content (AvgIpc) is 2.77. The van der Waals surface area contributed by atoms with Gasteiger partial charge in [-0.2, -0.15) is 17.4 Å². The van der Waals surface area contributed by atoms with Gasteiger partial charge in [0.05, 0.1) is 0 Å². The molecule has 4 atom stereocenters. The van der Waals surface area contributed by atoms with Crippen molar-refractivity contribution in [3.8, 4) is 0 Å². The summed E-state index contributed by atoms with van der Waals surface area (Å²) in [6.07, 6.45) is 0.667. The number of carboxylic acid groups (broad SMARTS) is 1. The smallest absolute Gasteiger partial charge is 0.451 e. The van der Waals surface area contributed by atoms with Crippen molar-refractivity contribution >= 4 is 23.3 Å². The summed E-state index contributed by atoms with van der Waals surface area (Å²) in [5, 5.41) is 27.2. The van der Waals surface area contributed by atoms with Gasteiger partial charge < -0.3 is 26.6 Å². The molecular formula is C12H27BN4O6S. The highest BCUT2D eigenvalue weighted by Gasteiger charge is 2.52. The maximum Gasteiger partial charge on any atom is 0.451 e. The van der Waals surface area contributed by atoms with Crippen molar-refractivity contribution < 1.29 is 28.4 Å². The third kappa shape index (κ3) is 5.12. The van der Waals surface area contributed by atoms with Gasteiger partial charge in [-0.3, -0.25) is 4.79 Å². The standard InChI is InChI=1S/C12H27BN4O6S/c1-8(14)9(2)16-24(22,23)17-6-10(4-3-5-13(20)21)12(15,7-17)11(18)19/h8-10,16,20-21H,3-7,14-15H2,1-2H3,(H,18,19)/t8-,9+,10-,12-/m0/s1. The van der Waals surface area contributed by atoms with Gasteiger partial charge in [0.25, 0.3) is 10.2 Å². The van der Waals surface area contributed by atoms with Crippen molar-refractivity contribution in [1.29, 1.82) is 0 Å². The fraction of sp³-hybridized carbons (Fsp3) is 0.917. The molecule has 1 aliphatic rings. The molecule has 0 unspecified atom stereocenters. The Labute approximate surface area is 142 Å². The lowest BCUT2D eigenvalue weighted by Crippen LogP contribution is -2.56. The van der Waals surface area contributed by atoms with Crippen LogP contribution in [-0.4, -0.2) is 71.7 Å². The monoisotopic (exact) mass is 366 g/mol. The molecule has 1 fully saturated rings. The summed E-state index contributed by atoms with van der Waals surface area (Å²) >= 11 is 0. The van der Waals surface area contributed by atoms with Crippen LogP contribution in [0.25, 0.3) is 0 Å². The molecule has 24 heavy (non-hydrogen) atoms. The zero-order valence-electron chi connectivity index (χ0n) is 13.9. The van der Waals surface area contributed by atoms with E-state index in [1.165, 1.54) is 0 Å². The van der Waals surface area contributed by atoms with Gasteiger partial charge in [0.15, 0.2) is 0 Å². The highest BCUT2D eigenvalue weighted by molar-refractivity contribution is 7.87. The first kappa shape index (κ1) is 21.3. The Morgan fingerprint density at radius 3 is 2.50 bits per heavy atom. The molecule has 1 aliphatic heterocycles. The van der Waals surface area contributed by atoms with E-state index in [1.807, 2.05) is 0 Å². The zero-order chi connectivity index (χ0) is 18.7. The first-order valence-electron chi connectivity index (χ1n) is 7.81. The Kier molecular flexibility index (Phi) is 7.17. The summed E-state index contributed by atoms with van der Waals surface area (Å²) in [7, 11) is -5.41. The Hall–Kier alpha value is -0.755. The molecule has 140 valence electrons. The highest BCUT2D eigenvalue weighted by Crippen LogP contribution is 2.31. The minimum absolute atomic E-state index is 0.0503. The van der Waals surface area contributed by atoms with Gasteiger partial charge in [-0.1, -0.05) is 6.42 Å². The summed E-state index contributed by atoms with van der Waals surface area (Å²) in [5.74, 6) is -1.91. The molecule has 0 aromatic heterocycles. The van der Waals surface area contributed by atoms with Crippen LogP contribution in [0.2, 0.25) is 6.32 Å². The van der Waals surface area contributed by atoms with E-state index >= 15 is 0 Å². The highest BCUT2D eigenvalue weighted by atomic mass is 32.2. The summed E-state index contributed by atoms with van der Waals surface area (Å²) < 4.78 is 28.3. The number of hydrogen-bond acceptors (Lipinski definition) is 7. The van der Waals surface area contributed by atoms with Gasteiger partial charge in [0, 0.05) is 31.1 Å². The molecule has 1 heterocycles. The number of carbonyl (C=O) groups is 1.